The fourth-order valence-corrected chi connectivity index (χ4v) is 1.23. The number of anilines is 1. The monoisotopic (exact) mass is 271 g/mol. The highest BCUT2D eigenvalue weighted by molar-refractivity contribution is 5.90. The molecule has 1 aromatic rings. The largest absolute Gasteiger partial charge is 0.476 e. The van der Waals surface area contributed by atoms with Crippen molar-refractivity contribution in [1.82, 2.24) is 9.97 Å². The summed E-state index contributed by atoms with van der Waals surface area (Å²) in [4.78, 5) is 29.1. The first-order valence-electron chi connectivity index (χ1n) is 5.27. The minimum Gasteiger partial charge on any atom is -0.476 e. The molecule has 9 nitrogen and oxygen atoms in total. The smallest absolute Gasteiger partial charge is 0.358 e. The van der Waals surface area contributed by atoms with E-state index in [0.717, 1.165) is 6.20 Å². The molecule has 0 aliphatic rings. The maximum absolute atomic E-state index is 11.2. The molecule has 0 bridgehead atoms. The first-order valence-corrected chi connectivity index (χ1v) is 5.27. The van der Waals surface area contributed by atoms with E-state index in [1.165, 1.54) is 6.92 Å². The van der Waals surface area contributed by atoms with Crippen LogP contribution in [0.4, 0.5) is 5.82 Å². The average Bonchev–Trinajstić information content (AvgIpc) is 2.37. The fraction of sp³-hybridized carbons (Fsp3) is 0.400. The van der Waals surface area contributed by atoms with Crippen molar-refractivity contribution in [3.63, 3.8) is 0 Å². The molecule has 2 unspecified atom stereocenters. The number of nitrogens with zero attached hydrogens (tertiary/aromatic N) is 2. The van der Waals surface area contributed by atoms with Gasteiger partial charge in [0.25, 0.3) is 0 Å². The van der Waals surface area contributed by atoms with Crippen molar-refractivity contribution in [2.24, 2.45) is 0 Å². The number of carbonyl (C=O) groups is 2. The lowest BCUT2D eigenvalue weighted by Gasteiger charge is -2.16. The molecule has 1 aromatic heterocycles. The van der Waals surface area contributed by atoms with Crippen molar-refractivity contribution in [3.8, 4) is 0 Å². The molecule has 9 heteroatoms. The highest BCUT2D eigenvalue weighted by atomic mass is 16.5. The van der Waals surface area contributed by atoms with E-state index in [4.69, 9.17) is 10.8 Å². The standard InChI is InChI=1S/C10H13N3O6/c1-2-19-10(18)7(15)6(14)4-3-12-8(11)5(13-4)9(16)17/h3,6-7,14-15H,2H2,1H3,(H2,11,12)(H,16,17). The zero-order valence-corrected chi connectivity index (χ0v) is 9.98. The first kappa shape index (κ1) is 14.8. The number of aliphatic hydroxyl groups is 2. The van der Waals surface area contributed by atoms with E-state index in [1.54, 1.807) is 0 Å². The second kappa shape index (κ2) is 6.07. The molecule has 0 aromatic carbocycles. The molecule has 0 fully saturated rings. The van der Waals surface area contributed by atoms with E-state index in [0.29, 0.717) is 0 Å². The van der Waals surface area contributed by atoms with Gasteiger partial charge in [0.05, 0.1) is 18.5 Å². The Morgan fingerprint density at radius 1 is 1.47 bits per heavy atom. The van der Waals surface area contributed by atoms with Gasteiger partial charge in [-0.25, -0.2) is 19.6 Å². The Balaban J connectivity index is 3.00. The lowest BCUT2D eigenvalue weighted by atomic mass is 10.1. The third-order valence-electron chi connectivity index (χ3n) is 2.15. The molecular weight excluding hydrogens is 258 g/mol. The average molecular weight is 271 g/mol. The Morgan fingerprint density at radius 2 is 2.11 bits per heavy atom. The van der Waals surface area contributed by atoms with Gasteiger partial charge < -0.3 is 25.8 Å². The number of hydrogen-bond acceptors (Lipinski definition) is 8. The van der Waals surface area contributed by atoms with Crippen LogP contribution in [0.1, 0.15) is 29.2 Å². The number of ether oxygens (including phenoxy) is 1. The van der Waals surface area contributed by atoms with Crippen molar-refractivity contribution in [2.75, 3.05) is 12.3 Å². The number of carboxylic acid groups (broad SMARTS) is 1. The van der Waals surface area contributed by atoms with Crippen LogP contribution < -0.4 is 5.73 Å². The second-order valence-electron chi connectivity index (χ2n) is 3.48. The van der Waals surface area contributed by atoms with Gasteiger partial charge >= 0.3 is 11.9 Å². The number of esters is 1. The molecule has 0 amide bonds. The zero-order valence-electron chi connectivity index (χ0n) is 9.98. The van der Waals surface area contributed by atoms with Crippen LogP contribution in [0.15, 0.2) is 6.20 Å². The molecule has 2 atom stereocenters. The number of rotatable bonds is 5. The van der Waals surface area contributed by atoms with Gasteiger partial charge in [0.15, 0.2) is 17.6 Å². The van der Waals surface area contributed by atoms with E-state index >= 15 is 0 Å². The van der Waals surface area contributed by atoms with Crippen molar-refractivity contribution in [1.29, 1.82) is 0 Å². The summed E-state index contributed by atoms with van der Waals surface area (Å²) in [5, 5.41) is 28.0. The Morgan fingerprint density at radius 3 is 2.63 bits per heavy atom. The molecule has 0 saturated carbocycles. The first-order chi connectivity index (χ1) is 8.88. The Bertz CT molecular complexity index is 492. The van der Waals surface area contributed by atoms with Crippen molar-refractivity contribution in [3.05, 3.63) is 17.6 Å². The third kappa shape index (κ3) is 3.36. The minimum atomic E-state index is -1.89. The lowest BCUT2D eigenvalue weighted by molar-refractivity contribution is -0.159. The maximum Gasteiger partial charge on any atom is 0.358 e. The predicted octanol–water partition coefficient (Wildman–Crippen LogP) is -1.29. The van der Waals surface area contributed by atoms with Crippen LogP contribution in [0, 0.1) is 0 Å². The number of carboxylic acids is 1. The van der Waals surface area contributed by atoms with Crippen LogP contribution in [0.5, 0.6) is 0 Å². The van der Waals surface area contributed by atoms with Gasteiger partial charge in [-0.15, -0.1) is 0 Å². The van der Waals surface area contributed by atoms with Crippen molar-refractivity contribution >= 4 is 17.8 Å². The summed E-state index contributed by atoms with van der Waals surface area (Å²) in [6.45, 7) is 1.55. The number of aromatic carboxylic acids is 1. The zero-order chi connectivity index (χ0) is 14.6. The Labute approximate surface area is 107 Å². The van der Waals surface area contributed by atoms with Gasteiger partial charge in [-0.3, -0.25) is 0 Å². The quantitative estimate of drug-likeness (QED) is 0.478. The van der Waals surface area contributed by atoms with E-state index < -0.39 is 29.8 Å². The van der Waals surface area contributed by atoms with Crippen LogP contribution in [-0.4, -0.2) is 49.9 Å². The fourth-order valence-electron chi connectivity index (χ4n) is 1.23. The summed E-state index contributed by atoms with van der Waals surface area (Å²) in [7, 11) is 0. The molecule has 1 heterocycles. The molecule has 104 valence electrons. The minimum absolute atomic E-state index is 0.0242. The van der Waals surface area contributed by atoms with Gasteiger partial charge in [0.1, 0.15) is 6.10 Å². The van der Waals surface area contributed by atoms with E-state index in [9.17, 15) is 19.8 Å². The number of aromatic nitrogens is 2. The number of nitrogen functional groups attached to an aromatic ring is 1. The molecule has 1 rings (SSSR count). The molecule has 0 aliphatic carbocycles. The summed E-state index contributed by atoms with van der Waals surface area (Å²) in [6.07, 6.45) is -2.68. The highest BCUT2D eigenvalue weighted by Gasteiger charge is 2.29. The van der Waals surface area contributed by atoms with Gasteiger partial charge in [0, 0.05) is 0 Å². The molecule has 0 saturated heterocycles. The van der Waals surface area contributed by atoms with Crippen LogP contribution in [-0.2, 0) is 9.53 Å². The summed E-state index contributed by atoms with van der Waals surface area (Å²) in [5.74, 6) is -2.83. The third-order valence-corrected chi connectivity index (χ3v) is 2.15. The van der Waals surface area contributed by atoms with Crippen LogP contribution >= 0.6 is 0 Å². The van der Waals surface area contributed by atoms with Crippen LogP contribution in [0.3, 0.4) is 0 Å². The number of hydrogen-bond donors (Lipinski definition) is 4. The maximum atomic E-state index is 11.2. The summed E-state index contributed by atoms with van der Waals surface area (Å²) >= 11 is 0. The Kier molecular flexibility index (Phi) is 4.73. The molecular formula is C10H13N3O6. The number of aliphatic hydroxyl groups excluding tert-OH is 2. The predicted molar refractivity (Wildman–Crippen MR) is 61.0 cm³/mol. The van der Waals surface area contributed by atoms with E-state index in [1.807, 2.05) is 0 Å². The summed E-state index contributed by atoms with van der Waals surface area (Å²) < 4.78 is 4.51. The normalized spacial score (nSPS) is 13.6. The molecule has 19 heavy (non-hydrogen) atoms. The van der Waals surface area contributed by atoms with Crippen molar-refractivity contribution < 1.29 is 29.6 Å². The van der Waals surface area contributed by atoms with E-state index in [-0.39, 0.29) is 18.1 Å². The topological polar surface area (TPSA) is 156 Å². The molecule has 0 radical (unpaired) electrons. The Hall–Kier alpha value is -2.26. The molecule has 5 N–H and O–H groups in total. The van der Waals surface area contributed by atoms with Gasteiger partial charge in [-0.1, -0.05) is 0 Å². The van der Waals surface area contributed by atoms with Crippen molar-refractivity contribution in [2.45, 2.75) is 19.1 Å². The van der Waals surface area contributed by atoms with Crippen LogP contribution in [0.2, 0.25) is 0 Å². The van der Waals surface area contributed by atoms with Gasteiger partial charge in [-0.2, -0.15) is 0 Å². The number of nitrogens with two attached hydrogens (primary N) is 1. The van der Waals surface area contributed by atoms with Gasteiger partial charge in [0.2, 0.25) is 0 Å². The van der Waals surface area contributed by atoms with Crippen LogP contribution in [0.25, 0.3) is 0 Å². The van der Waals surface area contributed by atoms with Gasteiger partial charge in [-0.05, 0) is 6.92 Å². The van der Waals surface area contributed by atoms with E-state index in [2.05, 4.69) is 14.7 Å². The SMILES string of the molecule is CCOC(=O)C(O)C(O)c1cnc(N)c(C(=O)O)n1. The summed E-state index contributed by atoms with van der Waals surface area (Å²) in [6, 6.07) is 0. The second-order valence-corrected chi connectivity index (χ2v) is 3.48. The number of carbonyl (C=O) groups excluding carboxylic acids is 1. The lowest BCUT2D eigenvalue weighted by Crippen LogP contribution is -2.31. The molecule has 0 spiro atoms. The summed E-state index contributed by atoms with van der Waals surface area (Å²) in [5.41, 5.74) is 4.41. The highest BCUT2D eigenvalue weighted by Crippen LogP contribution is 2.17. The molecule has 0 aliphatic heterocycles.